The van der Waals surface area contributed by atoms with Crippen molar-refractivity contribution in [3.8, 4) is 0 Å². The molecule has 1 aliphatic heterocycles. The van der Waals surface area contributed by atoms with Crippen LogP contribution in [0.3, 0.4) is 0 Å². The Morgan fingerprint density at radius 3 is 2.53 bits per heavy atom. The van der Waals surface area contributed by atoms with E-state index in [2.05, 4.69) is 17.0 Å². The number of anilines is 1. The maximum atomic E-state index is 6.04. The van der Waals surface area contributed by atoms with Crippen LogP contribution >= 0.6 is 23.2 Å². The lowest BCUT2D eigenvalue weighted by Gasteiger charge is -2.15. The Morgan fingerprint density at radius 2 is 1.74 bits per heavy atom. The van der Waals surface area contributed by atoms with Crippen LogP contribution in [0.4, 0.5) is 5.69 Å². The normalized spacial score (nSPS) is 14.6. The molecule has 0 spiro atoms. The van der Waals surface area contributed by atoms with Crippen LogP contribution in [0.1, 0.15) is 16.7 Å². The van der Waals surface area contributed by atoms with Crippen molar-refractivity contribution in [1.29, 1.82) is 0 Å². The van der Waals surface area contributed by atoms with E-state index in [4.69, 9.17) is 28.9 Å². The van der Waals surface area contributed by atoms with E-state index in [0.717, 1.165) is 25.3 Å². The third kappa shape index (κ3) is 2.71. The number of nitrogens with two attached hydrogens (primary N) is 1. The maximum absolute atomic E-state index is 6.04. The van der Waals surface area contributed by atoms with Crippen molar-refractivity contribution in [3.05, 3.63) is 63.1 Å². The van der Waals surface area contributed by atoms with Gasteiger partial charge in [0.1, 0.15) is 0 Å². The van der Waals surface area contributed by atoms with Gasteiger partial charge in [0.2, 0.25) is 0 Å². The fourth-order valence-corrected chi connectivity index (χ4v) is 2.81. The second-order valence-corrected chi connectivity index (χ2v) is 5.74. The molecule has 19 heavy (non-hydrogen) atoms. The number of hydrogen-bond acceptors (Lipinski definition) is 2. The van der Waals surface area contributed by atoms with E-state index < -0.39 is 0 Å². The molecule has 1 heterocycles. The van der Waals surface area contributed by atoms with E-state index in [1.807, 2.05) is 24.3 Å². The SMILES string of the molecule is Nc1ccc2c(c1)CN(Cc1ccc(Cl)c(Cl)c1)C2. The minimum absolute atomic E-state index is 0.600. The predicted molar refractivity (Wildman–Crippen MR) is 80.3 cm³/mol. The molecule has 0 aliphatic carbocycles. The molecular weight excluding hydrogens is 279 g/mol. The summed E-state index contributed by atoms with van der Waals surface area (Å²) < 4.78 is 0. The van der Waals surface area contributed by atoms with E-state index in [0.29, 0.717) is 10.0 Å². The van der Waals surface area contributed by atoms with Gasteiger partial charge in [-0.05, 0) is 41.0 Å². The van der Waals surface area contributed by atoms with Gasteiger partial charge in [-0.2, -0.15) is 0 Å². The molecule has 0 aromatic heterocycles. The highest BCUT2D eigenvalue weighted by molar-refractivity contribution is 6.42. The first-order valence-electron chi connectivity index (χ1n) is 6.15. The number of rotatable bonds is 2. The van der Waals surface area contributed by atoms with Crippen LogP contribution in [0.25, 0.3) is 0 Å². The molecule has 0 fully saturated rings. The van der Waals surface area contributed by atoms with Crippen molar-refractivity contribution >= 4 is 28.9 Å². The van der Waals surface area contributed by atoms with E-state index in [9.17, 15) is 0 Å². The molecule has 0 atom stereocenters. The standard InChI is InChI=1S/C15H14Cl2N2/c16-14-4-1-10(5-15(14)17)7-19-8-11-2-3-13(18)6-12(11)9-19/h1-6H,7-9,18H2. The fourth-order valence-electron chi connectivity index (χ4n) is 2.49. The van der Waals surface area contributed by atoms with E-state index in [1.54, 1.807) is 0 Å². The Balaban J connectivity index is 1.75. The zero-order valence-corrected chi connectivity index (χ0v) is 11.9. The highest BCUT2D eigenvalue weighted by Crippen LogP contribution is 2.28. The summed E-state index contributed by atoms with van der Waals surface area (Å²) in [6.07, 6.45) is 0. The molecule has 98 valence electrons. The quantitative estimate of drug-likeness (QED) is 0.845. The van der Waals surface area contributed by atoms with Crippen LogP contribution in [-0.2, 0) is 19.6 Å². The third-order valence-electron chi connectivity index (χ3n) is 3.41. The highest BCUT2D eigenvalue weighted by atomic mass is 35.5. The van der Waals surface area contributed by atoms with Crippen molar-refractivity contribution in [2.45, 2.75) is 19.6 Å². The lowest BCUT2D eigenvalue weighted by atomic mass is 10.1. The molecule has 0 bridgehead atoms. The van der Waals surface area contributed by atoms with Gasteiger partial charge in [-0.25, -0.2) is 0 Å². The molecule has 2 aromatic carbocycles. The Bertz CT molecular complexity index is 626. The van der Waals surface area contributed by atoms with Crippen molar-refractivity contribution in [2.75, 3.05) is 5.73 Å². The first-order valence-corrected chi connectivity index (χ1v) is 6.91. The summed E-state index contributed by atoms with van der Waals surface area (Å²) in [7, 11) is 0. The molecule has 2 aromatic rings. The third-order valence-corrected chi connectivity index (χ3v) is 4.15. The number of nitrogen functional groups attached to an aromatic ring is 1. The first kappa shape index (κ1) is 12.8. The largest absolute Gasteiger partial charge is 0.399 e. The van der Waals surface area contributed by atoms with E-state index >= 15 is 0 Å². The lowest BCUT2D eigenvalue weighted by Crippen LogP contribution is -2.15. The molecular formula is C15H14Cl2N2. The van der Waals surface area contributed by atoms with Crippen LogP contribution < -0.4 is 5.73 Å². The summed E-state index contributed by atoms with van der Waals surface area (Å²) in [6, 6.07) is 11.9. The van der Waals surface area contributed by atoms with Crippen molar-refractivity contribution < 1.29 is 0 Å². The number of fused-ring (bicyclic) bond motifs is 1. The second kappa shape index (κ2) is 5.04. The van der Waals surface area contributed by atoms with Crippen LogP contribution in [0.5, 0.6) is 0 Å². The lowest BCUT2D eigenvalue weighted by molar-refractivity contribution is 0.275. The molecule has 3 rings (SSSR count). The minimum atomic E-state index is 0.600. The van der Waals surface area contributed by atoms with E-state index in [1.165, 1.54) is 16.7 Å². The Hall–Kier alpha value is -1.22. The summed E-state index contributed by atoms with van der Waals surface area (Å²) in [5, 5.41) is 1.21. The molecule has 0 saturated heterocycles. The maximum Gasteiger partial charge on any atom is 0.0595 e. The van der Waals surface area contributed by atoms with Gasteiger partial charge < -0.3 is 5.73 Å². The van der Waals surface area contributed by atoms with Gasteiger partial charge >= 0.3 is 0 Å². The molecule has 0 radical (unpaired) electrons. The smallest absolute Gasteiger partial charge is 0.0595 e. The summed E-state index contributed by atoms with van der Waals surface area (Å²) in [6.45, 7) is 2.75. The van der Waals surface area contributed by atoms with Crippen LogP contribution in [0.15, 0.2) is 36.4 Å². The number of benzene rings is 2. The molecule has 1 aliphatic rings. The highest BCUT2D eigenvalue weighted by Gasteiger charge is 2.19. The topological polar surface area (TPSA) is 29.3 Å². The monoisotopic (exact) mass is 292 g/mol. The first-order chi connectivity index (χ1) is 9.11. The summed E-state index contributed by atoms with van der Waals surface area (Å²) in [5.41, 5.74) is 10.5. The van der Waals surface area contributed by atoms with Gasteiger partial charge in [-0.15, -0.1) is 0 Å². The van der Waals surface area contributed by atoms with Gasteiger partial charge in [0.15, 0.2) is 0 Å². The van der Waals surface area contributed by atoms with Crippen molar-refractivity contribution in [1.82, 2.24) is 4.90 Å². The zero-order valence-electron chi connectivity index (χ0n) is 10.4. The Morgan fingerprint density at radius 1 is 0.947 bits per heavy atom. The zero-order chi connectivity index (χ0) is 13.4. The van der Waals surface area contributed by atoms with Crippen LogP contribution in [0, 0.1) is 0 Å². The van der Waals surface area contributed by atoms with Crippen molar-refractivity contribution in [2.24, 2.45) is 0 Å². The summed E-state index contributed by atoms with van der Waals surface area (Å²) in [5.74, 6) is 0. The molecule has 0 unspecified atom stereocenters. The molecule has 2 N–H and O–H groups in total. The Labute approximate surface area is 122 Å². The van der Waals surface area contributed by atoms with Gasteiger partial charge in [-0.3, -0.25) is 4.90 Å². The van der Waals surface area contributed by atoms with Gasteiger partial charge in [0.05, 0.1) is 10.0 Å². The molecule has 4 heteroatoms. The fraction of sp³-hybridized carbons (Fsp3) is 0.200. The van der Waals surface area contributed by atoms with Gasteiger partial charge in [-0.1, -0.05) is 35.3 Å². The predicted octanol–water partition coefficient (Wildman–Crippen LogP) is 4.09. The summed E-state index contributed by atoms with van der Waals surface area (Å²) in [4.78, 5) is 2.36. The second-order valence-electron chi connectivity index (χ2n) is 4.92. The van der Waals surface area contributed by atoms with E-state index in [-0.39, 0.29) is 0 Å². The van der Waals surface area contributed by atoms with Gasteiger partial charge in [0.25, 0.3) is 0 Å². The summed E-state index contributed by atoms with van der Waals surface area (Å²) >= 11 is 12.0. The average molecular weight is 293 g/mol. The number of nitrogens with zero attached hydrogens (tertiary/aromatic N) is 1. The molecule has 2 nitrogen and oxygen atoms in total. The molecule has 0 amide bonds. The number of halogens is 2. The molecule has 0 saturated carbocycles. The van der Waals surface area contributed by atoms with Crippen LogP contribution in [0.2, 0.25) is 10.0 Å². The average Bonchev–Trinajstić information content (AvgIpc) is 2.75. The Kier molecular flexibility index (Phi) is 3.40. The minimum Gasteiger partial charge on any atom is -0.399 e. The number of hydrogen-bond donors (Lipinski definition) is 1. The van der Waals surface area contributed by atoms with Crippen LogP contribution in [-0.4, -0.2) is 4.90 Å². The van der Waals surface area contributed by atoms with Gasteiger partial charge in [0, 0.05) is 25.3 Å². The van der Waals surface area contributed by atoms with Crippen molar-refractivity contribution in [3.63, 3.8) is 0 Å².